The number of rotatable bonds is 6. The zero-order chi connectivity index (χ0) is 12.8. The third kappa shape index (κ3) is 3.14. The molecule has 0 fully saturated rings. The number of aromatic carboxylic acids is 1. The molecule has 6 nitrogen and oxygen atoms in total. The summed E-state index contributed by atoms with van der Waals surface area (Å²) in [7, 11) is 0. The summed E-state index contributed by atoms with van der Waals surface area (Å²) in [6.45, 7) is 1.16. The van der Waals surface area contributed by atoms with Gasteiger partial charge >= 0.3 is 5.97 Å². The second kappa shape index (κ2) is 5.92. The van der Waals surface area contributed by atoms with Gasteiger partial charge in [0.15, 0.2) is 5.82 Å². The molecule has 18 heavy (non-hydrogen) atoms. The van der Waals surface area contributed by atoms with Crippen molar-refractivity contribution in [2.75, 3.05) is 6.54 Å². The van der Waals surface area contributed by atoms with Gasteiger partial charge in [0.25, 0.3) is 0 Å². The minimum Gasteiger partial charge on any atom is -0.478 e. The SMILES string of the molecule is O=C(O)c1ccccc1CNCCc1ncon1. The number of carbonyl (C=O) groups is 1. The van der Waals surface area contributed by atoms with Crippen molar-refractivity contribution in [3.8, 4) is 0 Å². The summed E-state index contributed by atoms with van der Waals surface area (Å²) in [5.74, 6) is -0.278. The third-order valence-electron chi connectivity index (χ3n) is 2.50. The number of benzene rings is 1. The number of nitrogens with zero attached hydrogens (tertiary/aromatic N) is 2. The highest BCUT2D eigenvalue weighted by atomic mass is 16.5. The quantitative estimate of drug-likeness (QED) is 0.743. The molecule has 1 heterocycles. The van der Waals surface area contributed by atoms with E-state index in [2.05, 4.69) is 20.0 Å². The first-order chi connectivity index (χ1) is 8.77. The van der Waals surface area contributed by atoms with E-state index in [4.69, 9.17) is 5.11 Å². The molecular formula is C12H13N3O3. The number of hydrogen-bond acceptors (Lipinski definition) is 5. The van der Waals surface area contributed by atoms with Gasteiger partial charge in [-0.1, -0.05) is 23.4 Å². The Balaban J connectivity index is 1.85. The summed E-state index contributed by atoms with van der Waals surface area (Å²) in [5, 5.41) is 15.8. The third-order valence-corrected chi connectivity index (χ3v) is 2.50. The number of nitrogens with one attached hydrogen (secondary N) is 1. The molecule has 1 aromatic carbocycles. The maximum absolute atomic E-state index is 11.0. The van der Waals surface area contributed by atoms with Gasteiger partial charge in [-0.05, 0) is 11.6 Å². The standard InChI is InChI=1S/C12H13N3O3/c16-12(17)10-4-2-1-3-9(10)7-13-6-5-11-14-8-18-15-11/h1-4,8,13H,5-7H2,(H,16,17). The van der Waals surface area contributed by atoms with Crippen molar-refractivity contribution >= 4 is 5.97 Å². The zero-order valence-corrected chi connectivity index (χ0v) is 9.67. The van der Waals surface area contributed by atoms with Crippen LogP contribution >= 0.6 is 0 Å². The molecule has 0 saturated carbocycles. The first-order valence-electron chi connectivity index (χ1n) is 5.54. The number of carboxylic acid groups (broad SMARTS) is 1. The van der Waals surface area contributed by atoms with Gasteiger partial charge in [-0.25, -0.2) is 4.79 Å². The largest absolute Gasteiger partial charge is 0.478 e. The average molecular weight is 247 g/mol. The molecule has 2 aromatic rings. The number of carboxylic acids is 1. The highest BCUT2D eigenvalue weighted by Crippen LogP contribution is 2.08. The Bertz CT molecular complexity index is 511. The topological polar surface area (TPSA) is 88.2 Å². The van der Waals surface area contributed by atoms with E-state index in [1.165, 1.54) is 6.39 Å². The van der Waals surface area contributed by atoms with Gasteiger partial charge < -0.3 is 14.9 Å². The van der Waals surface area contributed by atoms with E-state index in [9.17, 15) is 4.79 Å². The summed E-state index contributed by atoms with van der Waals surface area (Å²) in [6.07, 6.45) is 1.93. The fraction of sp³-hybridized carbons (Fsp3) is 0.250. The first kappa shape index (κ1) is 12.3. The fourth-order valence-electron chi connectivity index (χ4n) is 1.61. The van der Waals surface area contributed by atoms with E-state index in [0.29, 0.717) is 30.9 Å². The molecule has 0 saturated heterocycles. The van der Waals surface area contributed by atoms with Gasteiger partial charge in [0, 0.05) is 19.5 Å². The Hall–Kier alpha value is -2.21. The Kier molecular flexibility index (Phi) is 4.03. The van der Waals surface area contributed by atoms with E-state index in [0.717, 1.165) is 5.56 Å². The van der Waals surface area contributed by atoms with Crippen molar-refractivity contribution in [3.05, 3.63) is 47.6 Å². The number of aromatic nitrogens is 2. The Morgan fingerprint density at radius 1 is 1.39 bits per heavy atom. The fourth-order valence-corrected chi connectivity index (χ4v) is 1.61. The highest BCUT2D eigenvalue weighted by Gasteiger charge is 2.08. The monoisotopic (exact) mass is 247 g/mol. The summed E-state index contributed by atoms with van der Waals surface area (Å²) in [5.41, 5.74) is 1.09. The smallest absolute Gasteiger partial charge is 0.336 e. The van der Waals surface area contributed by atoms with Crippen LogP contribution in [-0.2, 0) is 13.0 Å². The van der Waals surface area contributed by atoms with Gasteiger partial charge in [0.05, 0.1) is 5.56 Å². The lowest BCUT2D eigenvalue weighted by Gasteiger charge is -2.06. The predicted molar refractivity (Wildman–Crippen MR) is 63.1 cm³/mol. The minimum atomic E-state index is -0.912. The van der Waals surface area contributed by atoms with E-state index in [1.807, 2.05) is 6.07 Å². The van der Waals surface area contributed by atoms with Crippen LogP contribution in [0.15, 0.2) is 35.2 Å². The molecule has 0 aliphatic heterocycles. The molecule has 2 rings (SSSR count). The molecular weight excluding hydrogens is 234 g/mol. The lowest BCUT2D eigenvalue weighted by molar-refractivity contribution is 0.0695. The maximum atomic E-state index is 11.0. The molecule has 0 aliphatic rings. The van der Waals surface area contributed by atoms with Crippen molar-refractivity contribution in [3.63, 3.8) is 0 Å². The second-order valence-corrected chi connectivity index (χ2v) is 3.74. The minimum absolute atomic E-state index is 0.324. The van der Waals surface area contributed by atoms with Crippen LogP contribution < -0.4 is 5.32 Å². The van der Waals surface area contributed by atoms with Gasteiger partial charge in [-0.15, -0.1) is 0 Å². The molecule has 2 N–H and O–H groups in total. The summed E-state index contributed by atoms with van der Waals surface area (Å²) < 4.78 is 4.61. The summed E-state index contributed by atoms with van der Waals surface area (Å²) in [6, 6.07) is 6.93. The molecule has 0 atom stereocenters. The molecule has 94 valence electrons. The summed E-state index contributed by atoms with van der Waals surface area (Å²) >= 11 is 0. The van der Waals surface area contributed by atoms with Crippen molar-refractivity contribution in [2.45, 2.75) is 13.0 Å². The van der Waals surface area contributed by atoms with Crippen LogP contribution in [0.5, 0.6) is 0 Å². The molecule has 0 spiro atoms. The molecule has 0 aliphatic carbocycles. The van der Waals surface area contributed by atoms with Crippen LogP contribution in [-0.4, -0.2) is 27.8 Å². The highest BCUT2D eigenvalue weighted by molar-refractivity contribution is 5.89. The molecule has 0 bridgehead atoms. The van der Waals surface area contributed by atoms with Gasteiger partial charge in [-0.2, -0.15) is 4.98 Å². The van der Waals surface area contributed by atoms with E-state index in [1.54, 1.807) is 18.2 Å². The van der Waals surface area contributed by atoms with Gasteiger partial charge in [0.1, 0.15) is 0 Å². The maximum Gasteiger partial charge on any atom is 0.336 e. The van der Waals surface area contributed by atoms with Crippen LogP contribution in [0, 0.1) is 0 Å². The number of hydrogen-bond donors (Lipinski definition) is 2. The van der Waals surface area contributed by atoms with Crippen LogP contribution in [0.4, 0.5) is 0 Å². The molecule has 1 aromatic heterocycles. The van der Waals surface area contributed by atoms with Crippen LogP contribution in [0.3, 0.4) is 0 Å². The lowest BCUT2D eigenvalue weighted by atomic mass is 10.1. The Morgan fingerprint density at radius 3 is 2.94 bits per heavy atom. The second-order valence-electron chi connectivity index (χ2n) is 3.74. The van der Waals surface area contributed by atoms with Crippen molar-refractivity contribution in [2.24, 2.45) is 0 Å². The normalized spacial score (nSPS) is 10.4. The predicted octanol–water partition coefficient (Wildman–Crippen LogP) is 1.10. The van der Waals surface area contributed by atoms with Gasteiger partial charge in [0.2, 0.25) is 6.39 Å². The Labute approximate surface area is 104 Å². The molecule has 6 heteroatoms. The van der Waals surface area contributed by atoms with Crippen molar-refractivity contribution < 1.29 is 14.4 Å². The van der Waals surface area contributed by atoms with Gasteiger partial charge in [-0.3, -0.25) is 0 Å². The van der Waals surface area contributed by atoms with Crippen LogP contribution in [0.2, 0.25) is 0 Å². The van der Waals surface area contributed by atoms with E-state index < -0.39 is 5.97 Å². The van der Waals surface area contributed by atoms with E-state index in [-0.39, 0.29) is 0 Å². The average Bonchev–Trinajstić information content (AvgIpc) is 2.88. The zero-order valence-electron chi connectivity index (χ0n) is 9.67. The van der Waals surface area contributed by atoms with Crippen molar-refractivity contribution in [1.82, 2.24) is 15.5 Å². The van der Waals surface area contributed by atoms with E-state index >= 15 is 0 Å². The first-order valence-corrected chi connectivity index (χ1v) is 5.54. The molecule has 0 radical (unpaired) electrons. The Morgan fingerprint density at radius 2 is 2.22 bits per heavy atom. The molecule has 0 unspecified atom stereocenters. The van der Waals surface area contributed by atoms with Crippen molar-refractivity contribution in [1.29, 1.82) is 0 Å². The lowest BCUT2D eigenvalue weighted by Crippen LogP contribution is -2.19. The van der Waals surface area contributed by atoms with Crippen LogP contribution in [0.1, 0.15) is 21.7 Å². The summed E-state index contributed by atoms with van der Waals surface area (Å²) in [4.78, 5) is 14.9. The molecule has 0 amide bonds. The van der Waals surface area contributed by atoms with Crippen LogP contribution in [0.25, 0.3) is 0 Å².